The molecule has 1 fully saturated rings. The molecule has 84 valence electrons. The Balaban J connectivity index is 2.05. The Morgan fingerprint density at radius 3 is 3.25 bits per heavy atom. The van der Waals surface area contributed by atoms with Crippen molar-refractivity contribution in [1.82, 2.24) is 9.69 Å². The molecule has 0 bridgehead atoms. The van der Waals surface area contributed by atoms with Gasteiger partial charge in [0, 0.05) is 18.5 Å². The maximum absolute atomic E-state index is 13.2. The molecule has 0 aliphatic carbocycles. The van der Waals surface area contributed by atoms with Gasteiger partial charge in [0.15, 0.2) is 0 Å². The first-order valence-corrected chi connectivity index (χ1v) is 5.99. The Kier molecular flexibility index (Phi) is 2.59. The highest BCUT2D eigenvalue weighted by atomic mass is 32.1. The van der Waals surface area contributed by atoms with Crippen LogP contribution in [-0.2, 0) is 4.74 Å². The lowest BCUT2D eigenvalue weighted by Gasteiger charge is -2.22. The van der Waals surface area contributed by atoms with Gasteiger partial charge in [-0.15, -0.1) is 0 Å². The van der Waals surface area contributed by atoms with Gasteiger partial charge in [-0.2, -0.15) is 4.37 Å². The van der Waals surface area contributed by atoms with Crippen molar-refractivity contribution in [2.45, 2.75) is 6.10 Å². The van der Waals surface area contributed by atoms with Crippen LogP contribution in [-0.4, -0.2) is 24.1 Å². The van der Waals surface area contributed by atoms with Crippen molar-refractivity contribution < 1.29 is 9.13 Å². The van der Waals surface area contributed by atoms with Gasteiger partial charge in [0.2, 0.25) is 0 Å². The third-order valence-electron chi connectivity index (χ3n) is 2.69. The molecule has 2 heterocycles. The molecule has 1 aliphatic heterocycles. The van der Waals surface area contributed by atoms with E-state index in [1.54, 1.807) is 6.07 Å². The molecule has 3 nitrogen and oxygen atoms in total. The van der Waals surface area contributed by atoms with E-state index in [0.717, 1.165) is 28.9 Å². The zero-order chi connectivity index (χ0) is 11.0. The molecule has 0 spiro atoms. The number of rotatable bonds is 1. The van der Waals surface area contributed by atoms with E-state index in [4.69, 9.17) is 4.74 Å². The summed E-state index contributed by atoms with van der Waals surface area (Å²) < 4.78 is 24.2. The van der Waals surface area contributed by atoms with Gasteiger partial charge in [0.05, 0.1) is 17.0 Å². The summed E-state index contributed by atoms with van der Waals surface area (Å²) in [6, 6.07) is 4.76. The number of ether oxygens (including phenoxy) is 1. The highest BCUT2D eigenvalue weighted by molar-refractivity contribution is 7.13. The Labute approximate surface area is 96.4 Å². The fraction of sp³-hybridized carbons (Fsp3) is 0.364. The minimum atomic E-state index is -0.224. The molecule has 1 aromatic heterocycles. The monoisotopic (exact) mass is 238 g/mol. The summed E-state index contributed by atoms with van der Waals surface area (Å²) in [6.07, 6.45) is -0.0516. The molecule has 1 aliphatic rings. The number of benzene rings is 1. The van der Waals surface area contributed by atoms with Gasteiger partial charge in [-0.25, -0.2) is 4.39 Å². The Morgan fingerprint density at radius 2 is 2.44 bits per heavy atom. The maximum atomic E-state index is 13.2. The number of fused-ring (bicyclic) bond motifs is 1. The second kappa shape index (κ2) is 4.08. The predicted molar refractivity (Wildman–Crippen MR) is 61.1 cm³/mol. The van der Waals surface area contributed by atoms with Crippen LogP contribution in [0.15, 0.2) is 18.2 Å². The highest BCUT2D eigenvalue weighted by Gasteiger charge is 2.21. The summed E-state index contributed by atoms with van der Waals surface area (Å²) in [4.78, 5) is 0. The average molecular weight is 238 g/mol. The van der Waals surface area contributed by atoms with E-state index in [-0.39, 0.29) is 11.9 Å². The second-order valence-corrected chi connectivity index (χ2v) is 4.58. The summed E-state index contributed by atoms with van der Waals surface area (Å²) in [7, 11) is 0. The summed E-state index contributed by atoms with van der Waals surface area (Å²) in [5.41, 5.74) is 0.853. The second-order valence-electron chi connectivity index (χ2n) is 3.77. The van der Waals surface area contributed by atoms with Crippen LogP contribution in [0.1, 0.15) is 11.8 Å². The standard InChI is InChI=1S/C11H11FN2OS/c12-7-1-2-10-8(5-7)11(14-16-10)9-6-13-3-4-15-9/h1-2,5,9,13H,3-4,6H2. The number of morpholine rings is 1. The zero-order valence-corrected chi connectivity index (χ0v) is 9.39. The predicted octanol–water partition coefficient (Wildman–Crippen LogP) is 2.10. The van der Waals surface area contributed by atoms with Crippen LogP contribution in [0.2, 0.25) is 0 Å². The number of nitrogens with zero attached hydrogens (tertiary/aromatic N) is 1. The molecule has 0 radical (unpaired) electrons. The molecule has 1 N–H and O–H groups in total. The molecular weight excluding hydrogens is 227 g/mol. The molecule has 1 saturated heterocycles. The number of hydrogen-bond donors (Lipinski definition) is 1. The molecule has 3 rings (SSSR count). The lowest BCUT2D eigenvalue weighted by atomic mass is 10.1. The van der Waals surface area contributed by atoms with E-state index in [1.807, 2.05) is 0 Å². The fourth-order valence-electron chi connectivity index (χ4n) is 1.90. The Morgan fingerprint density at radius 1 is 1.50 bits per heavy atom. The number of nitrogens with one attached hydrogen (secondary N) is 1. The molecule has 0 saturated carbocycles. The first kappa shape index (κ1) is 10.1. The lowest BCUT2D eigenvalue weighted by Crippen LogP contribution is -2.33. The van der Waals surface area contributed by atoms with Crippen LogP contribution < -0.4 is 5.32 Å². The largest absolute Gasteiger partial charge is 0.369 e. The van der Waals surface area contributed by atoms with Gasteiger partial charge in [-0.1, -0.05) is 0 Å². The number of halogens is 1. The van der Waals surface area contributed by atoms with Crippen molar-refractivity contribution in [3.63, 3.8) is 0 Å². The van der Waals surface area contributed by atoms with E-state index in [0.29, 0.717) is 6.61 Å². The van der Waals surface area contributed by atoms with Crippen LogP contribution in [0.3, 0.4) is 0 Å². The average Bonchev–Trinajstić information content (AvgIpc) is 2.73. The van der Waals surface area contributed by atoms with Gasteiger partial charge in [0.25, 0.3) is 0 Å². The third kappa shape index (κ3) is 1.71. The van der Waals surface area contributed by atoms with Gasteiger partial charge < -0.3 is 10.1 Å². The van der Waals surface area contributed by atoms with Crippen molar-refractivity contribution in [2.75, 3.05) is 19.7 Å². The van der Waals surface area contributed by atoms with Crippen molar-refractivity contribution in [2.24, 2.45) is 0 Å². The fourth-order valence-corrected chi connectivity index (χ4v) is 2.71. The maximum Gasteiger partial charge on any atom is 0.123 e. The first-order valence-electron chi connectivity index (χ1n) is 5.22. The third-order valence-corrected chi connectivity index (χ3v) is 3.53. The normalized spacial score (nSPS) is 21.4. The molecule has 16 heavy (non-hydrogen) atoms. The van der Waals surface area contributed by atoms with E-state index in [1.165, 1.54) is 23.7 Å². The topological polar surface area (TPSA) is 34.2 Å². The van der Waals surface area contributed by atoms with Crippen LogP contribution >= 0.6 is 11.5 Å². The van der Waals surface area contributed by atoms with E-state index in [2.05, 4.69) is 9.69 Å². The molecule has 1 aromatic carbocycles. The van der Waals surface area contributed by atoms with Crippen molar-refractivity contribution in [3.8, 4) is 0 Å². The molecule has 2 aromatic rings. The van der Waals surface area contributed by atoms with Gasteiger partial charge >= 0.3 is 0 Å². The minimum Gasteiger partial charge on any atom is -0.369 e. The summed E-state index contributed by atoms with van der Waals surface area (Å²) in [6.45, 7) is 2.29. The molecule has 1 atom stereocenters. The van der Waals surface area contributed by atoms with Crippen LogP contribution in [0.5, 0.6) is 0 Å². The summed E-state index contributed by atoms with van der Waals surface area (Å²) in [5.74, 6) is -0.224. The molecular formula is C11H11FN2OS. The van der Waals surface area contributed by atoms with Crippen LogP contribution in [0, 0.1) is 5.82 Å². The summed E-state index contributed by atoms with van der Waals surface area (Å²) in [5, 5.41) is 4.12. The van der Waals surface area contributed by atoms with Gasteiger partial charge in [-0.05, 0) is 29.7 Å². The number of aromatic nitrogens is 1. The van der Waals surface area contributed by atoms with E-state index < -0.39 is 0 Å². The SMILES string of the molecule is Fc1ccc2snc(C3CNCCO3)c2c1. The van der Waals surface area contributed by atoms with E-state index in [9.17, 15) is 4.39 Å². The van der Waals surface area contributed by atoms with E-state index >= 15 is 0 Å². The van der Waals surface area contributed by atoms with Crippen molar-refractivity contribution >= 4 is 21.6 Å². The van der Waals surface area contributed by atoms with Crippen LogP contribution in [0.25, 0.3) is 10.1 Å². The number of hydrogen-bond acceptors (Lipinski definition) is 4. The van der Waals surface area contributed by atoms with Crippen LogP contribution in [0.4, 0.5) is 4.39 Å². The first-order chi connectivity index (χ1) is 7.84. The molecule has 0 amide bonds. The zero-order valence-electron chi connectivity index (χ0n) is 8.57. The smallest absolute Gasteiger partial charge is 0.123 e. The van der Waals surface area contributed by atoms with Crippen molar-refractivity contribution in [1.29, 1.82) is 0 Å². The quantitative estimate of drug-likeness (QED) is 0.826. The Bertz CT molecular complexity index is 508. The van der Waals surface area contributed by atoms with Crippen molar-refractivity contribution in [3.05, 3.63) is 29.7 Å². The highest BCUT2D eigenvalue weighted by Crippen LogP contribution is 2.29. The van der Waals surface area contributed by atoms with Gasteiger partial charge in [-0.3, -0.25) is 0 Å². The molecule has 1 unspecified atom stereocenters. The summed E-state index contributed by atoms with van der Waals surface area (Å²) >= 11 is 1.39. The minimum absolute atomic E-state index is 0.0516. The van der Waals surface area contributed by atoms with Gasteiger partial charge in [0.1, 0.15) is 11.9 Å². The molecule has 5 heteroatoms. The Hall–Kier alpha value is -1.04. The lowest BCUT2D eigenvalue weighted by molar-refractivity contribution is 0.0265.